The van der Waals surface area contributed by atoms with Crippen LogP contribution < -0.4 is 0 Å². The van der Waals surface area contributed by atoms with Crippen molar-refractivity contribution in [3.8, 4) is 0 Å². The lowest BCUT2D eigenvalue weighted by Gasteiger charge is -2.22. The molecular formula is C11H12ClNO3. The van der Waals surface area contributed by atoms with Crippen LogP contribution in [0.1, 0.15) is 18.4 Å². The third-order valence-electron chi connectivity index (χ3n) is 3.05. The van der Waals surface area contributed by atoms with Gasteiger partial charge in [0.05, 0.1) is 0 Å². The Morgan fingerprint density at radius 2 is 2.38 bits per heavy atom. The highest BCUT2D eigenvalue weighted by molar-refractivity contribution is 6.30. The average Bonchev–Trinajstić information content (AvgIpc) is 3.00. The molecule has 1 saturated carbocycles. The summed E-state index contributed by atoms with van der Waals surface area (Å²) < 4.78 is 5.06. The summed E-state index contributed by atoms with van der Waals surface area (Å²) in [6, 6.07) is 3.58. The molecule has 1 aliphatic rings. The first-order valence-electron chi connectivity index (χ1n) is 4.98. The minimum atomic E-state index is -0.958. The summed E-state index contributed by atoms with van der Waals surface area (Å²) in [6.07, 6.45) is 2.27. The SMILES string of the molecule is COC(C(=O)O)C1(c2cccnc2Cl)CC1. The van der Waals surface area contributed by atoms with Crippen LogP contribution in [0, 0.1) is 0 Å². The number of rotatable bonds is 4. The van der Waals surface area contributed by atoms with E-state index in [0.717, 1.165) is 18.4 Å². The first-order valence-corrected chi connectivity index (χ1v) is 5.36. The fourth-order valence-electron chi connectivity index (χ4n) is 2.13. The van der Waals surface area contributed by atoms with E-state index in [1.54, 1.807) is 12.3 Å². The highest BCUT2D eigenvalue weighted by atomic mass is 35.5. The fraction of sp³-hybridized carbons (Fsp3) is 0.455. The van der Waals surface area contributed by atoms with Crippen molar-refractivity contribution in [2.24, 2.45) is 0 Å². The second-order valence-corrected chi connectivity index (χ2v) is 4.31. The van der Waals surface area contributed by atoms with E-state index in [-0.39, 0.29) is 0 Å². The molecule has 0 bridgehead atoms. The maximum atomic E-state index is 11.1. The summed E-state index contributed by atoms with van der Waals surface area (Å²) in [5.74, 6) is -0.958. The Morgan fingerprint density at radius 3 is 2.81 bits per heavy atom. The minimum absolute atomic E-state index is 0.364. The quantitative estimate of drug-likeness (QED) is 0.818. The number of pyridine rings is 1. The van der Waals surface area contributed by atoms with Gasteiger partial charge < -0.3 is 9.84 Å². The summed E-state index contributed by atoms with van der Waals surface area (Å²) >= 11 is 5.99. The van der Waals surface area contributed by atoms with Crippen LogP contribution in [0.5, 0.6) is 0 Å². The molecule has 1 atom stereocenters. The van der Waals surface area contributed by atoms with Gasteiger partial charge in [-0.15, -0.1) is 0 Å². The monoisotopic (exact) mass is 241 g/mol. The summed E-state index contributed by atoms with van der Waals surface area (Å²) in [5.41, 5.74) is 0.275. The number of ether oxygens (including phenoxy) is 1. The summed E-state index contributed by atoms with van der Waals surface area (Å²) in [6.45, 7) is 0. The van der Waals surface area contributed by atoms with Gasteiger partial charge in [0.1, 0.15) is 5.15 Å². The molecule has 5 heteroatoms. The number of nitrogens with zero attached hydrogens (tertiary/aromatic N) is 1. The Hall–Kier alpha value is -1.13. The number of methoxy groups -OCH3 is 1. The zero-order chi connectivity index (χ0) is 11.8. The van der Waals surface area contributed by atoms with Crippen molar-refractivity contribution in [2.75, 3.05) is 7.11 Å². The number of hydrogen-bond acceptors (Lipinski definition) is 3. The molecule has 1 unspecified atom stereocenters. The first-order chi connectivity index (χ1) is 7.62. The summed E-state index contributed by atoms with van der Waals surface area (Å²) in [5, 5.41) is 9.48. The van der Waals surface area contributed by atoms with Gasteiger partial charge >= 0.3 is 5.97 Å². The average molecular weight is 242 g/mol. The maximum Gasteiger partial charge on any atom is 0.333 e. The van der Waals surface area contributed by atoms with Gasteiger partial charge in [0.15, 0.2) is 6.10 Å². The van der Waals surface area contributed by atoms with Crippen molar-refractivity contribution in [1.29, 1.82) is 0 Å². The first kappa shape index (κ1) is 11.4. The van der Waals surface area contributed by atoms with Crippen molar-refractivity contribution < 1.29 is 14.6 Å². The van der Waals surface area contributed by atoms with Crippen molar-refractivity contribution in [2.45, 2.75) is 24.4 Å². The number of carbonyl (C=O) groups is 1. The standard InChI is InChI=1S/C11H12ClNO3/c1-16-8(10(14)15)11(4-5-11)7-3-2-6-13-9(7)12/h2-3,6,8H,4-5H2,1H3,(H,14,15). The molecular weight excluding hydrogens is 230 g/mol. The lowest BCUT2D eigenvalue weighted by molar-refractivity contribution is -0.150. The van der Waals surface area contributed by atoms with E-state index in [9.17, 15) is 4.79 Å². The molecule has 0 spiro atoms. The van der Waals surface area contributed by atoms with Gasteiger partial charge in [0.25, 0.3) is 0 Å². The number of aromatic nitrogens is 1. The van der Waals surface area contributed by atoms with E-state index >= 15 is 0 Å². The lowest BCUT2D eigenvalue weighted by atomic mass is 9.91. The topological polar surface area (TPSA) is 59.4 Å². The van der Waals surface area contributed by atoms with E-state index in [0.29, 0.717) is 5.15 Å². The smallest absolute Gasteiger partial charge is 0.333 e. The van der Waals surface area contributed by atoms with Gasteiger partial charge in [-0.2, -0.15) is 0 Å². The Morgan fingerprint density at radius 1 is 1.69 bits per heavy atom. The third kappa shape index (κ3) is 1.68. The summed E-state index contributed by atoms with van der Waals surface area (Å²) in [4.78, 5) is 15.1. The van der Waals surface area contributed by atoms with Gasteiger partial charge in [-0.3, -0.25) is 0 Å². The molecule has 1 aliphatic carbocycles. The van der Waals surface area contributed by atoms with E-state index < -0.39 is 17.5 Å². The van der Waals surface area contributed by atoms with Crippen molar-refractivity contribution in [1.82, 2.24) is 4.98 Å². The zero-order valence-electron chi connectivity index (χ0n) is 8.81. The molecule has 4 nitrogen and oxygen atoms in total. The molecule has 0 aromatic carbocycles. The van der Waals surface area contributed by atoms with Gasteiger partial charge in [0, 0.05) is 18.7 Å². The van der Waals surface area contributed by atoms with Crippen LogP contribution in [0.2, 0.25) is 5.15 Å². The van der Waals surface area contributed by atoms with E-state index in [2.05, 4.69) is 4.98 Å². The Kier molecular flexibility index (Phi) is 2.86. The Balaban J connectivity index is 2.39. The second kappa shape index (κ2) is 4.03. The summed E-state index contributed by atoms with van der Waals surface area (Å²) in [7, 11) is 1.41. The number of hydrogen-bond donors (Lipinski definition) is 1. The van der Waals surface area contributed by atoms with E-state index in [1.165, 1.54) is 7.11 Å². The predicted octanol–water partition coefficient (Wildman–Crippen LogP) is 1.87. The van der Waals surface area contributed by atoms with Crippen LogP contribution in [-0.4, -0.2) is 29.3 Å². The Bertz CT molecular complexity index is 417. The molecule has 1 aromatic heterocycles. The van der Waals surface area contributed by atoms with Crippen LogP contribution in [0.15, 0.2) is 18.3 Å². The fourth-order valence-corrected chi connectivity index (χ4v) is 2.44. The van der Waals surface area contributed by atoms with Crippen LogP contribution in [-0.2, 0) is 14.9 Å². The van der Waals surface area contributed by atoms with Crippen LogP contribution in [0.3, 0.4) is 0 Å². The third-order valence-corrected chi connectivity index (χ3v) is 3.35. The number of halogens is 1. The molecule has 0 aliphatic heterocycles. The molecule has 1 aromatic rings. The molecule has 0 saturated heterocycles. The predicted molar refractivity (Wildman–Crippen MR) is 58.6 cm³/mol. The normalized spacial score (nSPS) is 19.1. The number of carboxylic acid groups (broad SMARTS) is 1. The van der Waals surface area contributed by atoms with E-state index in [1.807, 2.05) is 6.07 Å². The molecule has 2 rings (SSSR count). The Labute approximate surface area is 98.2 Å². The molecule has 16 heavy (non-hydrogen) atoms. The number of aliphatic carboxylic acids is 1. The van der Waals surface area contributed by atoms with Crippen LogP contribution in [0.25, 0.3) is 0 Å². The van der Waals surface area contributed by atoms with Gasteiger partial charge in [-0.05, 0) is 24.5 Å². The second-order valence-electron chi connectivity index (χ2n) is 3.95. The van der Waals surface area contributed by atoms with Gasteiger partial charge in [-0.1, -0.05) is 17.7 Å². The molecule has 1 fully saturated rings. The highest BCUT2D eigenvalue weighted by Crippen LogP contribution is 2.53. The highest BCUT2D eigenvalue weighted by Gasteiger charge is 2.55. The van der Waals surface area contributed by atoms with Gasteiger partial charge in [0.2, 0.25) is 0 Å². The molecule has 1 N–H and O–H groups in total. The molecule has 0 radical (unpaired) electrons. The van der Waals surface area contributed by atoms with E-state index in [4.69, 9.17) is 21.4 Å². The number of carboxylic acids is 1. The maximum absolute atomic E-state index is 11.1. The minimum Gasteiger partial charge on any atom is -0.479 e. The lowest BCUT2D eigenvalue weighted by Crippen LogP contribution is -2.36. The van der Waals surface area contributed by atoms with Crippen LogP contribution in [0.4, 0.5) is 0 Å². The molecule has 1 heterocycles. The van der Waals surface area contributed by atoms with Crippen molar-refractivity contribution in [3.63, 3.8) is 0 Å². The largest absolute Gasteiger partial charge is 0.479 e. The van der Waals surface area contributed by atoms with Gasteiger partial charge in [-0.25, -0.2) is 9.78 Å². The van der Waals surface area contributed by atoms with Crippen molar-refractivity contribution >= 4 is 17.6 Å². The molecule has 86 valence electrons. The van der Waals surface area contributed by atoms with Crippen LogP contribution >= 0.6 is 11.6 Å². The zero-order valence-corrected chi connectivity index (χ0v) is 9.57. The molecule has 0 amide bonds. The van der Waals surface area contributed by atoms with Crippen molar-refractivity contribution in [3.05, 3.63) is 29.0 Å².